The van der Waals surface area contributed by atoms with Crippen LogP contribution in [0.4, 0.5) is 0 Å². The summed E-state index contributed by atoms with van der Waals surface area (Å²) in [4.78, 5) is 11.3. The van der Waals surface area contributed by atoms with Gasteiger partial charge in [-0.25, -0.2) is 0 Å². The molecular weight excluding hydrogens is 136 g/mol. The van der Waals surface area contributed by atoms with Crippen molar-refractivity contribution in [3.63, 3.8) is 0 Å². The third-order valence-electron chi connectivity index (χ3n) is 2.34. The second-order valence-corrected chi connectivity index (χ2v) is 3.45. The Balaban J connectivity index is 2.90. The predicted molar refractivity (Wildman–Crippen MR) is 46.4 cm³/mol. The lowest BCUT2D eigenvalue weighted by atomic mass is 9.98. The van der Waals surface area contributed by atoms with E-state index in [1.165, 1.54) is 5.57 Å². The summed E-state index contributed by atoms with van der Waals surface area (Å²) in [6.07, 6.45) is 2.83. The number of allylic oxidation sites excluding steroid dienone is 2. The number of carbonyl (C=O) groups excluding carboxylic acids is 1. The van der Waals surface area contributed by atoms with Gasteiger partial charge in [-0.3, -0.25) is 4.79 Å². The Bertz CT molecular complexity index is 199. The van der Waals surface area contributed by atoms with Gasteiger partial charge in [-0.1, -0.05) is 26.3 Å². The molecule has 0 aliphatic heterocycles. The van der Waals surface area contributed by atoms with E-state index in [1.807, 2.05) is 0 Å². The molecule has 0 unspecified atom stereocenters. The standard InChI is InChI=1S/C10H16O/c1-4-8-5-6-9(11)10(8)7(2)3/h7H,4-6H2,1-3H3. The topological polar surface area (TPSA) is 17.1 Å². The van der Waals surface area contributed by atoms with E-state index in [0.29, 0.717) is 11.7 Å². The number of Topliss-reactive ketones (excluding diaryl/α,β-unsaturated/α-hetero) is 1. The molecule has 0 atom stereocenters. The van der Waals surface area contributed by atoms with Crippen LogP contribution in [0.15, 0.2) is 11.1 Å². The Labute approximate surface area is 68.5 Å². The molecule has 0 N–H and O–H groups in total. The monoisotopic (exact) mass is 152 g/mol. The molecule has 62 valence electrons. The summed E-state index contributed by atoms with van der Waals surface area (Å²) in [7, 11) is 0. The SMILES string of the molecule is CCC1=C(C(C)C)C(=O)CC1. The van der Waals surface area contributed by atoms with Gasteiger partial charge in [0.05, 0.1) is 0 Å². The van der Waals surface area contributed by atoms with Gasteiger partial charge in [0.1, 0.15) is 0 Å². The molecule has 11 heavy (non-hydrogen) atoms. The number of carbonyl (C=O) groups is 1. The van der Waals surface area contributed by atoms with E-state index < -0.39 is 0 Å². The van der Waals surface area contributed by atoms with Gasteiger partial charge >= 0.3 is 0 Å². The summed E-state index contributed by atoms with van der Waals surface area (Å²) in [6, 6.07) is 0. The molecule has 0 radical (unpaired) electrons. The van der Waals surface area contributed by atoms with Gasteiger partial charge in [0.2, 0.25) is 0 Å². The average Bonchev–Trinajstić information content (AvgIpc) is 2.30. The van der Waals surface area contributed by atoms with Crippen LogP contribution in [-0.2, 0) is 4.79 Å². The van der Waals surface area contributed by atoms with Crippen LogP contribution < -0.4 is 0 Å². The number of hydrogen-bond acceptors (Lipinski definition) is 1. The van der Waals surface area contributed by atoms with E-state index >= 15 is 0 Å². The Morgan fingerprint density at radius 1 is 1.36 bits per heavy atom. The van der Waals surface area contributed by atoms with Crippen LogP contribution in [0.5, 0.6) is 0 Å². The summed E-state index contributed by atoms with van der Waals surface area (Å²) in [5, 5.41) is 0. The van der Waals surface area contributed by atoms with E-state index in [9.17, 15) is 4.79 Å². The maximum Gasteiger partial charge on any atom is 0.159 e. The van der Waals surface area contributed by atoms with Crippen LogP contribution in [0.2, 0.25) is 0 Å². The lowest BCUT2D eigenvalue weighted by Crippen LogP contribution is -2.03. The normalized spacial score (nSPS) is 18.7. The molecule has 0 aromatic carbocycles. The van der Waals surface area contributed by atoms with Crippen molar-refractivity contribution in [1.82, 2.24) is 0 Å². The average molecular weight is 152 g/mol. The molecule has 1 nitrogen and oxygen atoms in total. The quantitative estimate of drug-likeness (QED) is 0.594. The lowest BCUT2D eigenvalue weighted by Gasteiger charge is -2.06. The fourth-order valence-corrected chi connectivity index (χ4v) is 1.83. The Kier molecular flexibility index (Phi) is 2.48. The van der Waals surface area contributed by atoms with Gasteiger partial charge in [0.15, 0.2) is 5.78 Å². The first-order chi connectivity index (χ1) is 5.16. The second kappa shape index (κ2) is 3.21. The molecule has 0 heterocycles. The van der Waals surface area contributed by atoms with E-state index in [0.717, 1.165) is 24.8 Å². The fraction of sp³-hybridized carbons (Fsp3) is 0.700. The maximum absolute atomic E-state index is 11.3. The van der Waals surface area contributed by atoms with Crippen molar-refractivity contribution in [3.05, 3.63) is 11.1 Å². The van der Waals surface area contributed by atoms with E-state index in [2.05, 4.69) is 20.8 Å². The van der Waals surface area contributed by atoms with Crippen LogP contribution in [0.3, 0.4) is 0 Å². The van der Waals surface area contributed by atoms with E-state index in [4.69, 9.17) is 0 Å². The number of ketones is 1. The summed E-state index contributed by atoms with van der Waals surface area (Å²) in [5.74, 6) is 0.816. The summed E-state index contributed by atoms with van der Waals surface area (Å²) in [6.45, 7) is 6.35. The molecule has 0 aromatic rings. The van der Waals surface area contributed by atoms with Gasteiger partial charge in [-0.15, -0.1) is 0 Å². The molecule has 0 aromatic heterocycles. The van der Waals surface area contributed by atoms with Crippen molar-refractivity contribution < 1.29 is 4.79 Å². The van der Waals surface area contributed by atoms with Gasteiger partial charge in [-0.05, 0) is 24.3 Å². The van der Waals surface area contributed by atoms with E-state index in [1.54, 1.807) is 0 Å². The first-order valence-electron chi connectivity index (χ1n) is 4.42. The highest BCUT2D eigenvalue weighted by Gasteiger charge is 2.23. The Hall–Kier alpha value is -0.590. The molecule has 0 bridgehead atoms. The Morgan fingerprint density at radius 3 is 2.36 bits per heavy atom. The first-order valence-corrected chi connectivity index (χ1v) is 4.42. The predicted octanol–water partition coefficient (Wildman–Crippen LogP) is 2.71. The van der Waals surface area contributed by atoms with Gasteiger partial charge in [0, 0.05) is 6.42 Å². The maximum atomic E-state index is 11.3. The molecule has 0 amide bonds. The molecule has 0 saturated carbocycles. The van der Waals surface area contributed by atoms with Gasteiger partial charge in [-0.2, -0.15) is 0 Å². The number of rotatable bonds is 2. The zero-order chi connectivity index (χ0) is 8.43. The van der Waals surface area contributed by atoms with Crippen LogP contribution in [0, 0.1) is 5.92 Å². The third-order valence-corrected chi connectivity index (χ3v) is 2.34. The molecular formula is C10H16O. The zero-order valence-corrected chi connectivity index (χ0v) is 7.61. The Morgan fingerprint density at radius 2 is 2.00 bits per heavy atom. The second-order valence-electron chi connectivity index (χ2n) is 3.45. The molecule has 0 saturated heterocycles. The van der Waals surface area contributed by atoms with Crippen LogP contribution >= 0.6 is 0 Å². The van der Waals surface area contributed by atoms with Crippen LogP contribution in [-0.4, -0.2) is 5.78 Å². The van der Waals surface area contributed by atoms with Crippen LogP contribution in [0.25, 0.3) is 0 Å². The molecule has 1 aliphatic rings. The summed E-state index contributed by atoms with van der Waals surface area (Å²) in [5.41, 5.74) is 2.51. The summed E-state index contributed by atoms with van der Waals surface area (Å²) < 4.78 is 0. The smallest absolute Gasteiger partial charge is 0.159 e. The highest BCUT2D eigenvalue weighted by molar-refractivity contribution is 5.99. The van der Waals surface area contributed by atoms with Gasteiger partial charge in [0.25, 0.3) is 0 Å². The van der Waals surface area contributed by atoms with Gasteiger partial charge < -0.3 is 0 Å². The van der Waals surface area contributed by atoms with Crippen molar-refractivity contribution >= 4 is 5.78 Å². The van der Waals surface area contributed by atoms with Crippen molar-refractivity contribution in [2.75, 3.05) is 0 Å². The summed E-state index contributed by atoms with van der Waals surface area (Å²) >= 11 is 0. The molecule has 1 rings (SSSR count). The fourth-order valence-electron chi connectivity index (χ4n) is 1.83. The largest absolute Gasteiger partial charge is 0.295 e. The minimum Gasteiger partial charge on any atom is -0.295 e. The zero-order valence-electron chi connectivity index (χ0n) is 7.61. The third kappa shape index (κ3) is 1.52. The van der Waals surface area contributed by atoms with Crippen LogP contribution in [0.1, 0.15) is 40.0 Å². The van der Waals surface area contributed by atoms with Crippen molar-refractivity contribution in [3.8, 4) is 0 Å². The lowest BCUT2D eigenvalue weighted by molar-refractivity contribution is -0.115. The van der Waals surface area contributed by atoms with Crippen molar-refractivity contribution in [1.29, 1.82) is 0 Å². The van der Waals surface area contributed by atoms with Crippen molar-refractivity contribution in [2.45, 2.75) is 40.0 Å². The minimum absolute atomic E-state index is 0.386. The first kappa shape index (κ1) is 8.51. The molecule has 1 aliphatic carbocycles. The van der Waals surface area contributed by atoms with Crippen molar-refractivity contribution in [2.24, 2.45) is 5.92 Å². The minimum atomic E-state index is 0.386. The highest BCUT2D eigenvalue weighted by atomic mass is 16.1. The number of hydrogen-bond donors (Lipinski definition) is 0. The van der Waals surface area contributed by atoms with E-state index in [-0.39, 0.29) is 0 Å². The molecule has 0 fully saturated rings. The highest BCUT2D eigenvalue weighted by Crippen LogP contribution is 2.29. The molecule has 1 heteroatoms. The molecule has 0 spiro atoms.